The molecule has 0 N–H and O–H groups in total. The lowest BCUT2D eigenvalue weighted by molar-refractivity contribution is -0.385. The van der Waals surface area contributed by atoms with Crippen LogP contribution in [-0.4, -0.2) is 4.92 Å². The van der Waals surface area contributed by atoms with Gasteiger partial charge in [0.25, 0.3) is 0 Å². The second-order valence-corrected chi connectivity index (χ2v) is 5.07. The van der Waals surface area contributed by atoms with Gasteiger partial charge >= 0.3 is 5.69 Å². The molecule has 0 bridgehead atoms. The summed E-state index contributed by atoms with van der Waals surface area (Å²) in [6, 6.07) is 9.09. The SMILES string of the molecule is O=[N+]([O-])c1cc(F)ccc1Oc1cccc2c1CCCC2. The minimum absolute atomic E-state index is 0.0698. The molecule has 0 saturated carbocycles. The smallest absolute Gasteiger partial charge is 0.314 e. The Balaban J connectivity index is 2.00. The van der Waals surface area contributed by atoms with E-state index in [1.165, 1.54) is 11.6 Å². The second kappa shape index (κ2) is 5.52. The quantitative estimate of drug-likeness (QED) is 0.621. The van der Waals surface area contributed by atoms with Crippen LogP contribution in [0, 0.1) is 15.9 Å². The standard InChI is InChI=1S/C16H14FNO3/c17-12-8-9-16(14(10-12)18(19)20)21-15-7-3-5-11-4-1-2-6-13(11)15/h3,5,7-10H,1-2,4,6H2. The summed E-state index contributed by atoms with van der Waals surface area (Å²) in [5, 5.41) is 11.0. The molecule has 0 radical (unpaired) electrons. The first kappa shape index (κ1) is 13.5. The van der Waals surface area contributed by atoms with Gasteiger partial charge in [-0.15, -0.1) is 0 Å². The molecule has 0 spiro atoms. The van der Waals surface area contributed by atoms with Gasteiger partial charge in [-0.2, -0.15) is 0 Å². The number of hydrogen-bond acceptors (Lipinski definition) is 3. The van der Waals surface area contributed by atoms with Crippen molar-refractivity contribution in [2.24, 2.45) is 0 Å². The summed E-state index contributed by atoms with van der Waals surface area (Å²) >= 11 is 0. The number of rotatable bonds is 3. The van der Waals surface area contributed by atoms with Crippen LogP contribution in [0.5, 0.6) is 11.5 Å². The molecule has 0 unspecified atom stereocenters. The number of nitro groups is 1. The van der Waals surface area contributed by atoms with Crippen molar-refractivity contribution in [1.29, 1.82) is 0 Å². The van der Waals surface area contributed by atoms with Crippen LogP contribution in [0.15, 0.2) is 36.4 Å². The lowest BCUT2D eigenvalue weighted by Gasteiger charge is -2.19. The predicted molar refractivity (Wildman–Crippen MR) is 76.2 cm³/mol. The molecule has 0 aromatic heterocycles. The van der Waals surface area contributed by atoms with Crippen LogP contribution < -0.4 is 4.74 Å². The fraction of sp³-hybridized carbons (Fsp3) is 0.250. The summed E-state index contributed by atoms with van der Waals surface area (Å²) < 4.78 is 18.9. The maximum absolute atomic E-state index is 13.2. The zero-order valence-electron chi connectivity index (χ0n) is 11.3. The summed E-state index contributed by atoms with van der Waals surface area (Å²) in [6.07, 6.45) is 4.13. The maximum atomic E-state index is 13.2. The summed E-state index contributed by atoms with van der Waals surface area (Å²) in [5.41, 5.74) is 1.97. The highest BCUT2D eigenvalue weighted by molar-refractivity contribution is 5.51. The summed E-state index contributed by atoms with van der Waals surface area (Å²) in [4.78, 5) is 10.4. The summed E-state index contributed by atoms with van der Waals surface area (Å²) in [7, 11) is 0. The van der Waals surface area contributed by atoms with Gasteiger partial charge in [0.15, 0.2) is 0 Å². The first-order valence-electron chi connectivity index (χ1n) is 6.88. The fourth-order valence-corrected chi connectivity index (χ4v) is 2.68. The molecule has 21 heavy (non-hydrogen) atoms. The zero-order valence-corrected chi connectivity index (χ0v) is 11.3. The molecule has 108 valence electrons. The molecule has 0 saturated heterocycles. The van der Waals surface area contributed by atoms with E-state index in [2.05, 4.69) is 6.07 Å². The van der Waals surface area contributed by atoms with Gasteiger partial charge < -0.3 is 4.74 Å². The largest absolute Gasteiger partial charge is 0.450 e. The molecular weight excluding hydrogens is 273 g/mol. The van der Waals surface area contributed by atoms with Crippen LogP contribution >= 0.6 is 0 Å². The monoisotopic (exact) mass is 287 g/mol. The number of hydrogen-bond donors (Lipinski definition) is 0. The Morgan fingerprint density at radius 2 is 1.90 bits per heavy atom. The number of aryl methyl sites for hydroxylation is 1. The Bertz CT molecular complexity index is 700. The summed E-state index contributed by atoms with van der Waals surface area (Å²) in [5.74, 6) is 0.0476. The number of nitrogens with zero attached hydrogens (tertiary/aromatic N) is 1. The van der Waals surface area contributed by atoms with Crippen molar-refractivity contribution in [3.63, 3.8) is 0 Å². The van der Waals surface area contributed by atoms with E-state index < -0.39 is 10.7 Å². The molecule has 0 heterocycles. The third-order valence-corrected chi connectivity index (χ3v) is 3.69. The molecule has 3 rings (SSSR count). The van der Waals surface area contributed by atoms with Crippen LogP contribution in [0.2, 0.25) is 0 Å². The van der Waals surface area contributed by atoms with Crippen LogP contribution in [0.3, 0.4) is 0 Å². The third-order valence-electron chi connectivity index (χ3n) is 3.69. The molecular formula is C16H14FNO3. The highest BCUT2D eigenvalue weighted by Crippen LogP contribution is 2.36. The van der Waals surface area contributed by atoms with Crippen molar-refractivity contribution in [3.8, 4) is 11.5 Å². The lowest BCUT2D eigenvalue weighted by Crippen LogP contribution is -2.04. The number of ether oxygens (including phenoxy) is 1. The molecule has 1 aliphatic carbocycles. The second-order valence-electron chi connectivity index (χ2n) is 5.07. The van der Waals surface area contributed by atoms with Crippen molar-refractivity contribution in [2.75, 3.05) is 0 Å². The number of benzene rings is 2. The van der Waals surface area contributed by atoms with Gasteiger partial charge in [0.05, 0.1) is 11.0 Å². The maximum Gasteiger partial charge on any atom is 0.314 e. The lowest BCUT2D eigenvalue weighted by atomic mass is 9.91. The van der Waals surface area contributed by atoms with Gasteiger partial charge in [-0.25, -0.2) is 4.39 Å². The van der Waals surface area contributed by atoms with Gasteiger partial charge in [0.1, 0.15) is 11.6 Å². The van der Waals surface area contributed by atoms with Crippen molar-refractivity contribution in [3.05, 3.63) is 63.5 Å². The van der Waals surface area contributed by atoms with Crippen LogP contribution in [0.4, 0.5) is 10.1 Å². The van der Waals surface area contributed by atoms with E-state index in [1.54, 1.807) is 6.07 Å². The molecule has 1 aliphatic rings. The van der Waals surface area contributed by atoms with E-state index in [1.807, 2.05) is 6.07 Å². The van der Waals surface area contributed by atoms with Crippen molar-refractivity contribution in [1.82, 2.24) is 0 Å². The number of fused-ring (bicyclic) bond motifs is 1. The third kappa shape index (κ3) is 2.72. The molecule has 0 aliphatic heterocycles. The van der Waals surface area contributed by atoms with E-state index in [9.17, 15) is 14.5 Å². The van der Waals surface area contributed by atoms with Crippen LogP contribution in [-0.2, 0) is 12.8 Å². The fourth-order valence-electron chi connectivity index (χ4n) is 2.68. The van der Waals surface area contributed by atoms with Crippen molar-refractivity contribution >= 4 is 5.69 Å². The molecule has 0 atom stereocenters. The molecule has 2 aromatic rings. The number of halogens is 1. The van der Waals surface area contributed by atoms with Crippen LogP contribution in [0.25, 0.3) is 0 Å². The van der Waals surface area contributed by atoms with Gasteiger partial charge in [0.2, 0.25) is 5.75 Å². The average Bonchev–Trinajstić information content (AvgIpc) is 2.49. The van der Waals surface area contributed by atoms with E-state index in [0.717, 1.165) is 43.4 Å². The molecule has 0 fully saturated rings. The minimum atomic E-state index is -0.649. The Hall–Kier alpha value is -2.43. The molecule has 5 heteroatoms. The topological polar surface area (TPSA) is 52.4 Å². The first-order valence-corrected chi connectivity index (χ1v) is 6.88. The predicted octanol–water partition coefficient (Wildman–Crippen LogP) is 4.41. The molecule has 4 nitrogen and oxygen atoms in total. The van der Waals surface area contributed by atoms with E-state index in [-0.39, 0.29) is 11.4 Å². The van der Waals surface area contributed by atoms with Crippen molar-refractivity contribution < 1.29 is 14.1 Å². The highest BCUT2D eigenvalue weighted by Gasteiger charge is 2.20. The minimum Gasteiger partial charge on any atom is -0.450 e. The number of nitro benzene ring substituents is 1. The Morgan fingerprint density at radius 1 is 1.10 bits per heavy atom. The Kier molecular flexibility index (Phi) is 3.56. The van der Waals surface area contributed by atoms with Gasteiger partial charge in [-0.05, 0) is 55.0 Å². The van der Waals surface area contributed by atoms with Crippen molar-refractivity contribution in [2.45, 2.75) is 25.7 Å². The van der Waals surface area contributed by atoms with E-state index in [0.29, 0.717) is 5.75 Å². The molecule has 2 aromatic carbocycles. The Labute approximate surface area is 121 Å². The zero-order chi connectivity index (χ0) is 14.8. The highest BCUT2D eigenvalue weighted by atomic mass is 19.1. The normalized spacial score (nSPS) is 13.6. The first-order chi connectivity index (χ1) is 10.1. The summed E-state index contributed by atoms with van der Waals surface area (Å²) in [6.45, 7) is 0. The van der Waals surface area contributed by atoms with Gasteiger partial charge in [-0.1, -0.05) is 12.1 Å². The van der Waals surface area contributed by atoms with Gasteiger partial charge in [-0.3, -0.25) is 10.1 Å². The average molecular weight is 287 g/mol. The van der Waals surface area contributed by atoms with E-state index >= 15 is 0 Å². The Morgan fingerprint density at radius 3 is 2.71 bits per heavy atom. The molecule has 0 amide bonds. The van der Waals surface area contributed by atoms with Gasteiger partial charge in [0, 0.05) is 0 Å². The van der Waals surface area contributed by atoms with Crippen LogP contribution in [0.1, 0.15) is 24.0 Å². The van der Waals surface area contributed by atoms with E-state index in [4.69, 9.17) is 4.74 Å².